The highest BCUT2D eigenvalue weighted by Gasteiger charge is 2.31. The molecule has 0 amide bonds. The van der Waals surface area contributed by atoms with Crippen molar-refractivity contribution in [2.75, 3.05) is 7.11 Å². The van der Waals surface area contributed by atoms with Gasteiger partial charge in [0.05, 0.1) is 30.0 Å². The lowest BCUT2D eigenvalue weighted by molar-refractivity contribution is -0.140. The molecule has 7 nitrogen and oxygen atoms in total. The Hall–Kier alpha value is -3.87. The van der Waals surface area contributed by atoms with Gasteiger partial charge in [-0.25, -0.2) is 4.79 Å². The van der Waals surface area contributed by atoms with Crippen LogP contribution in [-0.4, -0.2) is 22.8 Å². The lowest BCUT2D eigenvalue weighted by atomic mass is 9.88. The first-order valence-electron chi connectivity index (χ1n) is 9.96. The van der Waals surface area contributed by atoms with Crippen LogP contribution in [0.3, 0.4) is 0 Å². The first-order chi connectivity index (χ1) is 15.0. The number of aromatic nitrogens is 1. The van der Waals surface area contributed by atoms with Gasteiger partial charge in [-0.15, -0.1) is 0 Å². The summed E-state index contributed by atoms with van der Waals surface area (Å²) < 4.78 is 11.9. The highest BCUT2D eigenvalue weighted by atomic mass is 16.5. The maximum absolute atomic E-state index is 13.4. The van der Waals surface area contributed by atoms with E-state index in [9.17, 15) is 19.5 Å². The molecular formula is C24H19NO6. The fraction of sp³-hybridized carbons (Fsp3) is 0.208. The van der Waals surface area contributed by atoms with E-state index in [0.717, 1.165) is 22.9 Å². The minimum Gasteiger partial charge on any atom is -0.507 e. The second-order valence-corrected chi connectivity index (χ2v) is 7.64. The molecule has 0 aliphatic carbocycles. The molecule has 1 aliphatic heterocycles. The van der Waals surface area contributed by atoms with E-state index in [1.165, 1.54) is 7.11 Å². The van der Waals surface area contributed by atoms with Crippen molar-refractivity contribution in [1.29, 1.82) is 0 Å². The number of para-hydroxylation sites is 2. The van der Waals surface area contributed by atoms with Crippen molar-refractivity contribution >= 4 is 27.8 Å². The normalized spacial score (nSPS) is 13.6. The van der Waals surface area contributed by atoms with Crippen molar-refractivity contribution in [3.05, 3.63) is 86.0 Å². The third-order valence-electron chi connectivity index (χ3n) is 5.97. The number of hydrogen-bond acceptors (Lipinski definition) is 6. The van der Waals surface area contributed by atoms with Crippen LogP contribution in [0.15, 0.2) is 62.5 Å². The Morgan fingerprint density at radius 2 is 2.00 bits per heavy atom. The van der Waals surface area contributed by atoms with Gasteiger partial charge in [-0.1, -0.05) is 30.3 Å². The number of methoxy groups -OCH3 is 1. The second-order valence-electron chi connectivity index (χ2n) is 7.64. The zero-order chi connectivity index (χ0) is 21.7. The molecule has 2 aromatic heterocycles. The van der Waals surface area contributed by atoms with E-state index in [1.807, 2.05) is 18.2 Å². The molecule has 0 saturated heterocycles. The SMILES string of the molecule is COC(=O)CC(c1c(O)c2ccccc2oc1=O)c1cc2cccc3c2n(c1=O)CC3. The number of carbonyl (C=O) groups excluding carboxylic acids is 1. The first-order valence-corrected chi connectivity index (χ1v) is 9.96. The minimum atomic E-state index is -1.02. The molecule has 0 saturated carbocycles. The van der Waals surface area contributed by atoms with Gasteiger partial charge in [-0.2, -0.15) is 0 Å². The quantitative estimate of drug-likeness (QED) is 0.405. The van der Waals surface area contributed by atoms with Crippen molar-refractivity contribution in [2.24, 2.45) is 0 Å². The van der Waals surface area contributed by atoms with Gasteiger partial charge in [0.2, 0.25) is 0 Å². The number of benzene rings is 2. The Labute approximate surface area is 176 Å². The van der Waals surface area contributed by atoms with E-state index in [0.29, 0.717) is 11.9 Å². The molecule has 0 radical (unpaired) electrons. The van der Waals surface area contributed by atoms with Gasteiger partial charge in [0.25, 0.3) is 5.56 Å². The van der Waals surface area contributed by atoms with Crippen molar-refractivity contribution in [3.63, 3.8) is 0 Å². The number of esters is 1. The molecular weight excluding hydrogens is 398 g/mol. The second kappa shape index (κ2) is 7.12. The number of nitrogens with zero attached hydrogens (tertiary/aromatic N) is 1. The fourth-order valence-corrected chi connectivity index (χ4v) is 4.51. The average molecular weight is 417 g/mol. The molecule has 3 heterocycles. The number of pyridine rings is 1. The molecule has 1 N–H and O–H groups in total. The summed E-state index contributed by atoms with van der Waals surface area (Å²) in [6.45, 7) is 0.520. The van der Waals surface area contributed by atoms with Crippen molar-refractivity contribution in [2.45, 2.75) is 25.3 Å². The van der Waals surface area contributed by atoms with E-state index < -0.39 is 17.5 Å². The Bertz CT molecular complexity index is 1480. The number of aryl methyl sites for hydroxylation is 2. The van der Waals surface area contributed by atoms with Gasteiger partial charge < -0.3 is 18.8 Å². The Kier molecular flexibility index (Phi) is 4.39. The summed E-state index contributed by atoms with van der Waals surface area (Å²) in [5.41, 5.74) is 1.21. The predicted molar refractivity (Wildman–Crippen MR) is 115 cm³/mol. The minimum absolute atomic E-state index is 0.123. The van der Waals surface area contributed by atoms with Crippen LogP contribution in [0, 0.1) is 0 Å². The van der Waals surface area contributed by atoms with Gasteiger partial charge in [0.1, 0.15) is 11.3 Å². The topological polar surface area (TPSA) is 98.7 Å². The van der Waals surface area contributed by atoms with Crippen LogP contribution in [0.25, 0.3) is 21.9 Å². The van der Waals surface area contributed by atoms with E-state index in [4.69, 9.17) is 9.15 Å². The van der Waals surface area contributed by atoms with Crippen LogP contribution in [0.4, 0.5) is 0 Å². The van der Waals surface area contributed by atoms with Gasteiger partial charge in [-0.3, -0.25) is 9.59 Å². The zero-order valence-corrected chi connectivity index (χ0v) is 16.8. The Morgan fingerprint density at radius 1 is 1.19 bits per heavy atom. The van der Waals surface area contributed by atoms with Crippen LogP contribution < -0.4 is 11.2 Å². The Balaban J connectivity index is 1.81. The fourth-order valence-electron chi connectivity index (χ4n) is 4.51. The van der Waals surface area contributed by atoms with Gasteiger partial charge in [0.15, 0.2) is 0 Å². The van der Waals surface area contributed by atoms with Crippen LogP contribution in [0.2, 0.25) is 0 Å². The van der Waals surface area contributed by atoms with E-state index >= 15 is 0 Å². The first kappa shape index (κ1) is 19.1. The van der Waals surface area contributed by atoms with Gasteiger partial charge in [0, 0.05) is 18.0 Å². The third-order valence-corrected chi connectivity index (χ3v) is 5.97. The summed E-state index contributed by atoms with van der Waals surface area (Å²) in [7, 11) is 1.24. The molecule has 2 aromatic carbocycles. The molecule has 31 heavy (non-hydrogen) atoms. The number of ether oxygens (including phenoxy) is 1. The molecule has 0 spiro atoms. The zero-order valence-electron chi connectivity index (χ0n) is 16.8. The van der Waals surface area contributed by atoms with Gasteiger partial charge >= 0.3 is 11.6 Å². The molecule has 4 aromatic rings. The number of rotatable bonds is 4. The third kappa shape index (κ3) is 2.92. The standard InChI is InChI=1S/C24H19NO6/c1-30-19(26)12-16(20-22(27)15-7-2-3-8-18(15)31-24(20)29)17-11-14-6-4-5-13-9-10-25(21(13)14)23(17)28/h2-8,11,16,27H,9-10,12H2,1H3. The molecule has 1 atom stereocenters. The highest BCUT2D eigenvalue weighted by Crippen LogP contribution is 2.36. The number of fused-ring (bicyclic) bond motifs is 1. The molecule has 1 aliphatic rings. The maximum Gasteiger partial charge on any atom is 0.343 e. The largest absolute Gasteiger partial charge is 0.507 e. The van der Waals surface area contributed by atoms with Crippen LogP contribution in [0.1, 0.15) is 29.0 Å². The summed E-state index contributed by atoms with van der Waals surface area (Å²) >= 11 is 0. The lowest BCUT2D eigenvalue weighted by Crippen LogP contribution is -2.28. The summed E-state index contributed by atoms with van der Waals surface area (Å²) in [6, 6.07) is 14.1. The monoisotopic (exact) mass is 417 g/mol. The van der Waals surface area contributed by atoms with E-state index in [2.05, 4.69) is 0 Å². The van der Waals surface area contributed by atoms with E-state index in [1.54, 1.807) is 34.9 Å². The molecule has 0 fully saturated rings. The van der Waals surface area contributed by atoms with Crippen LogP contribution in [0.5, 0.6) is 5.75 Å². The summed E-state index contributed by atoms with van der Waals surface area (Å²) in [6.07, 6.45) is 0.453. The van der Waals surface area contributed by atoms with Gasteiger partial charge in [-0.05, 0) is 35.6 Å². The summed E-state index contributed by atoms with van der Waals surface area (Å²) in [4.78, 5) is 38.6. The lowest BCUT2D eigenvalue weighted by Gasteiger charge is -2.18. The van der Waals surface area contributed by atoms with Crippen molar-refractivity contribution < 1.29 is 19.1 Å². The van der Waals surface area contributed by atoms with Crippen molar-refractivity contribution in [3.8, 4) is 5.75 Å². The average Bonchev–Trinajstić information content (AvgIpc) is 3.21. The van der Waals surface area contributed by atoms with E-state index in [-0.39, 0.29) is 34.4 Å². The summed E-state index contributed by atoms with van der Waals surface area (Å²) in [5.74, 6) is -1.92. The molecule has 1 unspecified atom stereocenters. The smallest absolute Gasteiger partial charge is 0.343 e. The highest BCUT2D eigenvalue weighted by molar-refractivity contribution is 5.86. The Morgan fingerprint density at radius 3 is 2.81 bits per heavy atom. The number of aromatic hydroxyl groups is 1. The number of hydrogen-bond donors (Lipinski definition) is 1. The number of carbonyl (C=O) groups is 1. The van der Waals surface area contributed by atoms with Crippen molar-refractivity contribution in [1.82, 2.24) is 4.57 Å². The molecule has 156 valence electrons. The molecule has 0 bridgehead atoms. The molecule has 5 rings (SSSR count). The summed E-state index contributed by atoms with van der Waals surface area (Å²) in [5, 5.41) is 12.1. The maximum atomic E-state index is 13.4. The van der Waals surface area contributed by atoms with Crippen LogP contribution in [-0.2, 0) is 22.5 Å². The molecule has 7 heteroatoms. The van der Waals surface area contributed by atoms with Crippen LogP contribution >= 0.6 is 0 Å². The predicted octanol–water partition coefficient (Wildman–Crippen LogP) is 3.06.